The summed E-state index contributed by atoms with van der Waals surface area (Å²) in [6.45, 7) is 9.64. The minimum atomic E-state index is -4.86. The van der Waals surface area contributed by atoms with Gasteiger partial charge in [0, 0.05) is 65.5 Å². The zero-order chi connectivity index (χ0) is 36.6. The Balaban J connectivity index is 1.44. The van der Waals surface area contributed by atoms with Gasteiger partial charge in [-0.25, -0.2) is 20.3 Å². The molecule has 0 bridgehead atoms. The van der Waals surface area contributed by atoms with Gasteiger partial charge < -0.3 is 30.0 Å². The van der Waals surface area contributed by atoms with Crippen molar-refractivity contribution in [2.75, 3.05) is 57.0 Å². The fourth-order valence-electron chi connectivity index (χ4n) is 6.65. The Morgan fingerprint density at radius 3 is 2.67 bits per heavy atom. The molecule has 0 saturated carbocycles. The largest absolute Gasteiger partial charge is 0.462 e. The Hall–Kier alpha value is -4.59. The molecule has 4 aromatic rings. The van der Waals surface area contributed by atoms with E-state index >= 15 is 8.78 Å². The van der Waals surface area contributed by atoms with Gasteiger partial charge >= 0.3 is 12.2 Å². The molecule has 2 aromatic carbocycles. The van der Waals surface area contributed by atoms with Crippen LogP contribution in [0.3, 0.4) is 0 Å². The number of likely N-dealkylation sites (tertiary alicyclic amines) is 1. The van der Waals surface area contributed by atoms with Crippen LogP contribution in [0.25, 0.3) is 33.0 Å². The number of amides is 1. The third-order valence-corrected chi connectivity index (χ3v) is 10.1. The van der Waals surface area contributed by atoms with Gasteiger partial charge in [0.15, 0.2) is 11.6 Å². The van der Waals surface area contributed by atoms with Gasteiger partial charge in [0.05, 0.1) is 10.6 Å². The average molecular weight is 747 g/mol. The molecule has 2 saturated heterocycles. The van der Waals surface area contributed by atoms with Crippen LogP contribution >= 0.6 is 22.9 Å². The van der Waals surface area contributed by atoms with Crippen molar-refractivity contribution in [2.24, 2.45) is 0 Å². The van der Waals surface area contributed by atoms with Crippen molar-refractivity contribution in [1.82, 2.24) is 24.8 Å². The van der Waals surface area contributed by atoms with E-state index in [0.29, 0.717) is 5.01 Å². The van der Waals surface area contributed by atoms with Crippen molar-refractivity contribution in [3.05, 3.63) is 74.0 Å². The standard InChI is InChI=1S/C34H32ClF5N8O2S/c1-18-11-19(41)12-22(28(18)34(38,39)40)27-24(35)13-23-30(29(27)37)44-33(50-17-20-5-4-7-46(20)3)45-31(23)47-8-9-48(21(16-47)15-42-2)32(49)25(36)14-26-43-6-10-51-26/h6,10-14,20-21H,4-5,7-9,15-17,41H2,1,3H3/b25-14-/t20-,21-/m0/s1. The van der Waals surface area contributed by atoms with Crippen LogP contribution in [-0.2, 0) is 11.0 Å². The molecule has 51 heavy (non-hydrogen) atoms. The van der Waals surface area contributed by atoms with Crippen LogP contribution < -0.4 is 15.4 Å². The molecule has 2 aliphatic rings. The molecule has 0 spiro atoms. The minimum Gasteiger partial charge on any atom is -0.462 e. The van der Waals surface area contributed by atoms with Crippen LogP contribution in [-0.4, -0.2) is 89.1 Å². The molecule has 2 aliphatic heterocycles. The van der Waals surface area contributed by atoms with Crippen molar-refractivity contribution in [2.45, 2.75) is 38.0 Å². The predicted molar refractivity (Wildman–Crippen MR) is 186 cm³/mol. The molecular formula is C34H32ClF5N8O2S. The van der Waals surface area contributed by atoms with Gasteiger partial charge in [-0.2, -0.15) is 23.1 Å². The van der Waals surface area contributed by atoms with Crippen molar-refractivity contribution in [3.63, 3.8) is 0 Å². The Morgan fingerprint density at radius 1 is 1.22 bits per heavy atom. The molecule has 10 nitrogen and oxygen atoms in total. The second kappa shape index (κ2) is 14.6. The summed E-state index contributed by atoms with van der Waals surface area (Å²) in [6, 6.07) is 2.47. The van der Waals surface area contributed by atoms with E-state index in [1.165, 1.54) is 24.1 Å². The molecule has 2 aromatic heterocycles. The van der Waals surface area contributed by atoms with Crippen molar-refractivity contribution >= 4 is 57.3 Å². The molecule has 1 amide bonds. The molecule has 268 valence electrons. The van der Waals surface area contributed by atoms with E-state index in [1.807, 2.05) is 7.05 Å². The second-order valence-corrected chi connectivity index (χ2v) is 13.8. The molecule has 0 aliphatic carbocycles. The molecule has 2 fully saturated rings. The van der Waals surface area contributed by atoms with Crippen LogP contribution in [0, 0.1) is 19.3 Å². The van der Waals surface area contributed by atoms with Crippen molar-refractivity contribution < 1.29 is 31.5 Å². The molecule has 0 radical (unpaired) electrons. The number of fused-ring (bicyclic) bond motifs is 1. The monoisotopic (exact) mass is 746 g/mol. The van der Waals surface area contributed by atoms with Gasteiger partial charge in [0.25, 0.3) is 5.91 Å². The average Bonchev–Trinajstić information content (AvgIpc) is 3.74. The molecule has 0 unspecified atom stereocenters. The first-order valence-electron chi connectivity index (χ1n) is 15.9. The number of carbonyl (C=O) groups excluding carboxylic acids is 1. The number of aromatic nitrogens is 3. The second-order valence-electron chi connectivity index (χ2n) is 12.4. The lowest BCUT2D eigenvalue weighted by atomic mass is 9.93. The number of nitrogens with two attached hydrogens (primary N) is 1. The van der Waals surface area contributed by atoms with E-state index in [9.17, 15) is 18.0 Å². The molecule has 17 heteroatoms. The lowest BCUT2D eigenvalue weighted by Crippen LogP contribution is -2.56. The number of halogens is 6. The van der Waals surface area contributed by atoms with Gasteiger partial charge in [-0.1, -0.05) is 11.6 Å². The lowest BCUT2D eigenvalue weighted by molar-refractivity contribution is -0.137. The van der Waals surface area contributed by atoms with Gasteiger partial charge in [0.2, 0.25) is 6.54 Å². The Morgan fingerprint density at radius 2 is 2.00 bits per heavy atom. The fraction of sp³-hybridized carbons (Fsp3) is 0.382. The first-order valence-corrected chi connectivity index (χ1v) is 17.2. The molecule has 6 rings (SSSR count). The fourth-order valence-corrected chi connectivity index (χ4v) is 7.50. The number of likely N-dealkylation sites (N-methyl/N-ethyl adjacent to an activating group) is 1. The molecular weight excluding hydrogens is 715 g/mol. The predicted octanol–water partition coefficient (Wildman–Crippen LogP) is 6.88. The maximum Gasteiger partial charge on any atom is 0.417 e. The molecule has 4 heterocycles. The van der Waals surface area contributed by atoms with Crippen LogP contribution in [0.15, 0.2) is 35.6 Å². The highest BCUT2D eigenvalue weighted by atomic mass is 35.5. The number of aryl methyl sites for hydroxylation is 1. The molecule has 2 atom stereocenters. The highest BCUT2D eigenvalue weighted by molar-refractivity contribution is 7.10. The zero-order valence-corrected chi connectivity index (χ0v) is 29.0. The number of nitrogens with zero attached hydrogens (tertiary/aromatic N) is 7. The first kappa shape index (κ1) is 36.2. The number of piperazine rings is 1. The number of benzene rings is 2. The Labute approximate surface area is 299 Å². The van der Waals surface area contributed by atoms with Crippen LogP contribution in [0.2, 0.25) is 5.02 Å². The number of hydrogen-bond donors (Lipinski definition) is 1. The Bertz CT molecular complexity index is 2040. The quantitative estimate of drug-likeness (QED) is 0.0902. The lowest BCUT2D eigenvalue weighted by Gasteiger charge is -2.39. The maximum atomic E-state index is 16.8. The van der Waals surface area contributed by atoms with Crippen LogP contribution in [0.4, 0.5) is 33.5 Å². The van der Waals surface area contributed by atoms with E-state index in [0.717, 1.165) is 48.9 Å². The normalized spacial score (nSPS) is 18.8. The van der Waals surface area contributed by atoms with E-state index in [2.05, 4.69) is 24.7 Å². The Kier molecular flexibility index (Phi) is 10.3. The van der Waals surface area contributed by atoms with Crippen LogP contribution in [0.1, 0.15) is 29.0 Å². The topological polar surface area (TPSA) is 105 Å². The summed E-state index contributed by atoms with van der Waals surface area (Å²) in [5.41, 5.74) is 3.18. The highest BCUT2D eigenvalue weighted by Gasteiger charge is 2.39. The smallest absolute Gasteiger partial charge is 0.417 e. The number of rotatable bonds is 8. The third kappa shape index (κ3) is 7.42. The van der Waals surface area contributed by atoms with E-state index in [1.54, 1.807) is 10.3 Å². The summed E-state index contributed by atoms with van der Waals surface area (Å²) in [7, 11) is 1.95. The SMILES string of the molecule is [C-]#[N+]C[C@H]1CN(c2nc(OC[C@@H]3CCCN3C)nc3c(F)c(-c4cc(N)cc(C)c4C(F)(F)F)c(Cl)cc23)CCN1C(=O)/C(F)=C/c1nccs1. The van der Waals surface area contributed by atoms with Crippen molar-refractivity contribution in [3.8, 4) is 17.1 Å². The van der Waals surface area contributed by atoms with E-state index in [4.69, 9.17) is 28.6 Å². The summed E-state index contributed by atoms with van der Waals surface area (Å²) >= 11 is 7.77. The summed E-state index contributed by atoms with van der Waals surface area (Å²) in [5.74, 6) is -2.96. The number of nitrogen functional groups attached to an aromatic ring is 1. The summed E-state index contributed by atoms with van der Waals surface area (Å²) < 4.78 is 80.9. The first-order chi connectivity index (χ1) is 24.3. The number of thiazole rings is 1. The number of ether oxygens (including phenoxy) is 1. The summed E-state index contributed by atoms with van der Waals surface area (Å²) in [4.78, 5) is 34.6. The third-order valence-electron chi connectivity index (χ3n) is 9.08. The van der Waals surface area contributed by atoms with Crippen LogP contribution in [0.5, 0.6) is 6.01 Å². The minimum absolute atomic E-state index is 0.0107. The number of anilines is 2. The highest BCUT2D eigenvalue weighted by Crippen LogP contribution is 2.46. The van der Waals surface area contributed by atoms with Gasteiger partial charge in [-0.15, -0.1) is 11.3 Å². The van der Waals surface area contributed by atoms with E-state index in [-0.39, 0.29) is 77.8 Å². The number of carbonyl (C=O) groups is 1. The maximum absolute atomic E-state index is 16.8. The number of hydrogen-bond acceptors (Lipinski definition) is 9. The van der Waals surface area contributed by atoms with Gasteiger partial charge in [-0.05, 0) is 57.1 Å². The molecule has 2 N–H and O–H groups in total. The summed E-state index contributed by atoms with van der Waals surface area (Å²) in [6.07, 6.45) is -0.542. The summed E-state index contributed by atoms with van der Waals surface area (Å²) in [5, 5.41) is 1.67. The van der Waals surface area contributed by atoms with Gasteiger partial charge in [0.1, 0.15) is 29.0 Å². The van der Waals surface area contributed by atoms with Crippen molar-refractivity contribution in [1.29, 1.82) is 0 Å². The zero-order valence-electron chi connectivity index (χ0n) is 27.5. The van der Waals surface area contributed by atoms with E-state index < -0.39 is 46.5 Å². The van der Waals surface area contributed by atoms with Gasteiger partial charge in [-0.3, -0.25) is 4.79 Å². The number of alkyl halides is 3.